The van der Waals surface area contributed by atoms with Crippen molar-refractivity contribution in [3.8, 4) is 5.69 Å². The highest BCUT2D eigenvalue weighted by atomic mass is 15.3. The maximum absolute atomic E-state index is 4.53. The predicted octanol–water partition coefficient (Wildman–Crippen LogP) is 1.23. The molecule has 0 aliphatic carbocycles. The van der Waals surface area contributed by atoms with Crippen LogP contribution >= 0.6 is 0 Å². The second-order valence-electron chi connectivity index (χ2n) is 5.30. The van der Waals surface area contributed by atoms with Crippen molar-refractivity contribution in [3.05, 3.63) is 37.1 Å². The van der Waals surface area contributed by atoms with Crippen molar-refractivity contribution in [3.63, 3.8) is 0 Å². The zero-order chi connectivity index (χ0) is 13.4. The topological polar surface area (TPSA) is 60.6 Å². The molecule has 2 aromatic heterocycles. The standard InChI is InChI=1S/C14H16N6/c1-2-13(19-9-16-17-10-19)5-14-12(1)7-18-20(14)8-11-3-4-15-6-11/h1-2,5,7,9-11,15H,3-4,6,8H2. The molecular formula is C14H16N6. The molecule has 0 saturated carbocycles. The van der Waals surface area contributed by atoms with E-state index in [1.54, 1.807) is 12.7 Å². The molecule has 0 radical (unpaired) electrons. The quantitative estimate of drug-likeness (QED) is 0.776. The highest BCUT2D eigenvalue weighted by molar-refractivity contribution is 5.80. The summed E-state index contributed by atoms with van der Waals surface area (Å²) < 4.78 is 4.02. The Kier molecular flexibility index (Phi) is 2.74. The largest absolute Gasteiger partial charge is 0.316 e. The number of rotatable bonds is 3. The van der Waals surface area contributed by atoms with Gasteiger partial charge < -0.3 is 5.32 Å². The van der Waals surface area contributed by atoms with Crippen molar-refractivity contribution in [1.29, 1.82) is 0 Å². The maximum atomic E-state index is 4.53. The molecule has 6 nitrogen and oxygen atoms in total. The predicted molar refractivity (Wildman–Crippen MR) is 75.6 cm³/mol. The summed E-state index contributed by atoms with van der Waals surface area (Å²) in [6, 6.07) is 6.31. The molecule has 102 valence electrons. The molecule has 3 heterocycles. The van der Waals surface area contributed by atoms with Gasteiger partial charge in [0.1, 0.15) is 12.7 Å². The number of fused-ring (bicyclic) bond motifs is 1. The van der Waals surface area contributed by atoms with Gasteiger partial charge in [0.05, 0.1) is 17.4 Å². The average molecular weight is 268 g/mol. The number of hydrogen-bond acceptors (Lipinski definition) is 4. The fourth-order valence-electron chi connectivity index (χ4n) is 2.81. The number of nitrogens with one attached hydrogen (secondary N) is 1. The third-order valence-electron chi connectivity index (χ3n) is 3.94. The molecule has 6 heteroatoms. The van der Waals surface area contributed by atoms with Gasteiger partial charge in [-0.1, -0.05) is 0 Å². The first-order valence-electron chi connectivity index (χ1n) is 6.91. The Balaban J connectivity index is 1.72. The van der Waals surface area contributed by atoms with Crippen molar-refractivity contribution in [2.75, 3.05) is 13.1 Å². The van der Waals surface area contributed by atoms with E-state index < -0.39 is 0 Å². The van der Waals surface area contributed by atoms with Crippen LogP contribution in [0.2, 0.25) is 0 Å². The molecular weight excluding hydrogens is 252 g/mol. The van der Waals surface area contributed by atoms with Crippen LogP contribution in [-0.4, -0.2) is 37.6 Å². The van der Waals surface area contributed by atoms with Crippen LogP contribution in [0.3, 0.4) is 0 Å². The molecule has 3 aromatic rings. The zero-order valence-corrected chi connectivity index (χ0v) is 11.1. The van der Waals surface area contributed by atoms with Gasteiger partial charge in [-0.3, -0.25) is 9.25 Å². The molecule has 0 bridgehead atoms. The van der Waals surface area contributed by atoms with Gasteiger partial charge in [-0.05, 0) is 43.6 Å². The van der Waals surface area contributed by atoms with Gasteiger partial charge in [-0.25, -0.2) is 0 Å². The van der Waals surface area contributed by atoms with Crippen molar-refractivity contribution in [2.24, 2.45) is 5.92 Å². The summed E-state index contributed by atoms with van der Waals surface area (Å²) >= 11 is 0. The average Bonchev–Trinajstić information content (AvgIpc) is 3.20. The second kappa shape index (κ2) is 4.72. The Labute approximate surface area is 116 Å². The maximum Gasteiger partial charge on any atom is 0.123 e. The van der Waals surface area contributed by atoms with E-state index in [1.165, 1.54) is 17.3 Å². The molecule has 0 amide bonds. The Morgan fingerprint density at radius 1 is 1.25 bits per heavy atom. The van der Waals surface area contributed by atoms with Crippen LogP contribution in [0.15, 0.2) is 37.1 Å². The minimum atomic E-state index is 0.677. The summed E-state index contributed by atoms with van der Waals surface area (Å²) in [5.41, 5.74) is 2.23. The summed E-state index contributed by atoms with van der Waals surface area (Å²) in [6.07, 6.45) is 6.59. The number of nitrogens with zero attached hydrogens (tertiary/aromatic N) is 5. The van der Waals surface area contributed by atoms with Gasteiger partial charge >= 0.3 is 0 Å². The molecule has 1 saturated heterocycles. The smallest absolute Gasteiger partial charge is 0.123 e. The molecule has 20 heavy (non-hydrogen) atoms. The van der Waals surface area contributed by atoms with Gasteiger partial charge in [-0.15, -0.1) is 10.2 Å². The summed E-state index contributed by atoms with van der Waals surface area (Å²) in [5, 5.41) is 16.8. The number of benzene rings is 1. The molecule has 1 aromatic carbocycles. The van der Waals surface area contributed by atoms with Gasteiger partial charge in [0, 0.05) is 11.9 Å². The third kappa shape index (κ3) is 1.98. The molecule has 1 N–H and O–H groups in total. The summed E-state index contributed by atoms with van der Waals surface area (Å²) in [6.45, 7) is 3.18. The van der Waals surface area contributed by atoms with Gasteiger partial charge in [-0.2, -0.15) is 5.10 Å². The van der Waals surface area contributed by atoms with E-state index in [0.717, 1.165) is 25.3 Å². The molecule has 0 spiro atoms. The SMILES string of the molecule is c1cc2cnn(CC3CCNC3)c2cc1-n1cnnc1. The van der Waals surface area contributed by atoms with Crippen molar-refractivity contribution in [2.45, 2.75) is 13.0 Å². The zero-order valence-electron chi connectivity index (χ0n) is 11.1. The molecule has 1 aliphatic heterocycles. The Morgan fingerprint density at radius 3 is 2.95 bits per heavy atom. The lowest BCUT2D eigenvalue weighted by molar-refractivity contribution is 0.459. The lowest BCUT2D eigenvalue weighted by Crippen LogP contribution is -2.15. The number of hydrogen-bond donors (Lipinski definition) is 1. The second-order valence-corrected chi connectivity index (χ2v) is 5.30. The monoisotopic (exact) mass is 268 g/mol. The Bertz CT molecular complexity index is 708. The molecule has 1 fully saturated rings. The van der Waals surface area contributed by atoms with E-state index >= 15 is 0 Å². The first-order chi connectivity index (χ1) is 9.90. The molecule has 1 aliphatic rings. The highest BCUT2D eigenvalue weighted by Crippen LogP contribution is 2.20. The summed E-state index contributed by atoms with van der Waals surface area (Å²) in [7, 11) is 0. The van der Waals surface area contributed by atoms with E-state index in [4.69, 9.17) is 0 Å². The first-order valence-corrected chi connectivity index (χ1v) is 6.91. The van der Waals surface area contributed by atoms with E-state index in [9.17, 15) is 0 Å². The van der Waals surface area contributed by atoms with Crippen LogP contribution in [0.25, 0.3) is 16.6 Å². The van der Waals surface area contributed by atoms with E-state index in [2.05, 4.69) is 43.5 Å². The van der Waals surface area contributed by atoms with Crippen molar-refractivity contribution in [1.82, 2.24) is 29.9 Å². The van der Waals surface area contributed by atoms with Gasteiger partial charge in [0.25, 0.3) is 0 Å². The Hall–Kier alpha value is -2.21. The minimum Gasteiger partial charge on any atom is -0.316 e. The van der Waals surface area contributed by atoms with Crippen LogP contribution in [0.1, 0.15) is 6.42 Å². The van der Waals surface area contributed by atoms with Crippen molar-refractivity contribution >= 4 is 10.9 Å². The lowest BCUT2D eigenvalue weighted by Gasteiger charge is -2.10. The fourth-order valence-corrected chi connectivity index (χ4v) is 2.81. The number of aromatic nitrogens is 5. The minimum absolute atomic E-state index is 0.677. The molecule has 1 unspecified atom stereocenters. The fraction of sp³-hybridized carbons (Fsp3) is 0.357. The summed E-state index contributed by atoms with van der Waals surface area (Å²) in [4.78, 5) is 0. The van der Waals surface area contributed by atoms with E-state index in [-0.39, 0.29) is 0 Å². The van der Waals surface area contributed by atoms with Crippen LogP contribution < -0.4 is 5.32 Å². The van der Waals surface area contributed by atoms with Crippen LogP contribution in [-0.2, 0) is 6.54 Å². The highest BCUT2D eigenvalue weighted by Gasteiger charge is 2.16. The normalized spacial score (nSPS) is 18.9. The van der Waals surface area contributed by atoms with Crippen LogP contribution in [0.4, 0.5) is 0 Å². The van der Waals surface area contributed by atoms with Crippen LogP contribution in [0.5, 0.6) is 0 Å². The Morgan fingerprint density at radius 2 is 2.15 bits per heavy atom. The van der Waals surface area contributed by atoms with Crippen molar-refractivity contribution < 1.29 is 0 Å². The first kappa shape index (κ1) is 11.6. The molecule has 1 atom stereocenters. The third-order valence-corrected chi connectivity index (χ3v) is 3.94. The molecule has 4 rings (SSSR count). The van der Waals surface area contributed by atoms with Gasteiger partial charge in [0.15, 0.2) is 0 Å². The van der Waals surface area contributed by atoms with Gasteiger partial charge in [0.2, 0.25) is 0 Å². The van der Waals surface area contributed by atoms with E-state index in [0.29, 0.717) is 5.92 Å². The lowest BCUT2D eigenvalue weighted by atomic mass is 10.1. The van der Waals surface area contributed by atoms with E-state index in [1.807, 2.05) is 10.8 Å². The van der Waals surface area contributed by atoms with Crippen LogP contribution in [0, 0.1) is 5.92 Å². The summed E-state index contributed by atoms with van der Waals surface area (Å²) in [5.74, 6) is 0.677.